The van der Waals surface area contributed by atoms with Gasteiger partial charge in [0.25, 0.3) is 5.91 Å². The van der Waals surface area contributed by atoms with Crippen LogP contribution in [-0.2, 0) is 24.3 Å². The Morgan fingerprint density at radius 3 is 2.67 bits per heavy atom. The first-order valence-corrected chi connectivity index (χ1v) is 10.3. The van der Waals surface area contributed by atoms with Crippen LogP contribution in [0.25, 0.3) is 6.08 Å². The van der Waals surface area contributed by atoms with Crippen molar-refractivity contribution in [2.24, 2.45) is 0 Å². The lowest BCUT2D eigenvalue weighted by Gasteiger charge is -2.12. The van der Waals surface area contributed by atoms with E-state index < -0.39 is 28.5 Å². The monoisotopic (exact) mass is 432 g/mol. The number of nitrogens with zero attached hydrogens (tertiary/aromatic N) is 1. The third kappa shape index (κ3) is 5.16. The summed E-state index contributed by atoms with van der Waals surface area (Å²) in [5.74, 6) is -0.0803. The summed E-state index contributed by atoms with van der Waals surface area (Å²) < 4.78 is 40.8. The van der Waals surface area contributed by atoms with Gasteiger partial charge in [-0.15, -0.1) is 0 Å². The molecule has 0 saturated heterocycles. The summed E-state index contributed by atoms with van der Waals surface area (Å²) in [6.45, 7) is -0.362. The minimum absolute atomic E-state index is 0.0361. The Bertz CT molecular complexity index is 1090. The summed E-state index contributed by atoms with van der Waals surface area (Å²) in [5, 5.41) is 2.50. The van der Waals surface area contributed by atoms with Gasteiger partial charge in [-0.25, -0.2) is 17.5 Å². The maximum Gasteiger partial charge on any atom is 0.331 e. The number of hydrogen-bond acceptors (Lipinski definition) is 7. The molecule has 1 aliphatic heterocycles. The van der Waals surface area contributed by atoms with Crippen LogP contribution in [0, 0.1) is 0 Å². The highest BCUT2D eigenvalue weighted by molar-refractivity contribution is 7.89. The van der Waals surface area contributed by atoms with Crippen molar-refractivity contribution >= 4 is 33.7 Å². The van der Waals surface area contributed by atoms with E-state index in [1.807, 2.05) is 0 Å². The molecular formula is C20H20N2O7S. The Balaban J connectivity index is 1.53. The zero-order chi connectivity index (χ0) is 21.7. The maximum atomic E-state index is 12.2. The fraction of sp³-hybridized carbons (Fsp3) is 0.200. The minimum Gasteiger partial charge on any atom is -0.454 e. The molecule has 0 saturated carbocycles. The fourth-order valence-electron chi connectivity index (χ4n) is 2.51. The van der Waals surface area contributed by atoms with Crippen molar-refractivity contribution in [2.45, 2.75) is 4.90 Å². The quantitative estimate of drug-likeness (QED) is 0.525. The molecule has 1 amide bonds. The summed E-state index contributed by atoms with van der Waals surface area (Å²) in [6, 6.07) is 11.0. The Morgan fingerprint density at radius 1 is 1.13 bits per heavy atom. The van der Waals surface area contributed by atoms with Gasteiger partial charge in [-0.1, -0.05) is 12.1 Å². The van der Waals surface area contributed by atoms with Crippen molar-refractivity contribution in [2.75, 3.05) is 32.8 Å². The molecule has 1 heterocycles. The third-order valence-electron chi connectivity index (χ3n) is 4.05. The van der Waals surface area contributed by atoms with Crippen LogP contribution in [0.4, 0.5) is 5.69 Å². The lowest BCUT2D eigenvalue weighted by molar-refractivity contribution is -0.142. The van der Waals surface area contributed by atoms with Crippen molar-refractivity contribution in [1.29, 1.82) is 0 Å². The second-order valence-electron chi connectivity index (χ2n) is 6.42. The van der Waals surface area contributed by atoms with Crippen LogP contribution < -0.4 is 14.8 Å². The number of nitrogens with one attached hydrogen (secondary N) is 1. The lowest BCUT2D eigenvalue weighted by atomic mass is 10.2. The fourth-order valence-corrected chi connectivity index (χ4v) is 3.46. The molecule has 0 fully saturated rings. The van der Waals surface area contributed by atoms with E-state index in [-0.39, 0.29) is 17.4 Å². The second kappa shape index (κ2) is 8.97. The number of fused-ring (bicyclic) bond motifs is 1. The highest BCUT2D eigenvalue weighted by Crippen LogP contribution is 2.32. The predicted octanol–water partition coefficient (Wildman–Crippen LogP) is 1.86. The number of hydrogen-bond donors (Lipinski definition) is 1. The van der Waals surface area contributed by atoms with Crippen LogP contribution in [0.3, 0.4) is 0 Å². The van der Waals surface area contributed by atoms with Crippen LogP contribution in [-0.4, -0.2) is 52.1 Å². The smallest absolute Gasteiger partial charge is 0.331 e. The molecule has 0 radical (unpaired) electrons. The van der Waals surface area contributed by atoms with Gasteiger partial charge >= 0.3 is 5.97 Å². The first-order chi connectivity index (χ1) is 14.3. The number of carbonyl (C=O) groups excluding carboxylic acids is 2. The van der Waals surface area contributed by atoms with E-state index >= 15 is 0 Å². The van der Waals surface area contributed by atoms with E-state index in [9.17, 15) is 18.0 Å². The van der Waals surface area contributed by atoms with Gasteiger partial charge in [-0.2, -0.15) is 0 Å². The van der Waals surface area contributed by atoms with Crippen molar-refractivity contribution < 1.29 is 32.2 Å². The molecule has 0 unspecified atom stereocenters. The Morgan fingerprint density at radius 2 is 1.90 bits per heavy atom. The average molecular weight is 432 g/mol. The summed E-state index contributed by atoms with van der Waals surface area (Å²) in [5.41, 5.74) is 0.981. The van der Waals surface area contributed by atoms with Crippen LogP contribution in [0.1, 0.15) is 5.56 Å². The topological polar surface area (TPSA) is 111 Å². The summed E-state index contributed by atoms with van der Waals surface area (Å²) >= 11 is 0. The molecule has 0 bridgehead atoms. The molecule has 3 rings (SSSR count). The molecule has 2 aromatic carbocycles. The molecule has 0 atom stereocenters. The zero-order valence-electron chi connectivity index (χ0n) is 16.3. The summed E-state index contributed by atoms with van der Waals surface area (Å²) in [4.78, 5) is 23.9. The van der Waals surface area contributed by atoms with Crippen LogP contribution in [0.5, 0.6) is 11.5 Å². The molecule has 158 valence electrons. The van der Waals surface area contributed by atoms with Crippen molar-refractivity contribution in [3.8, 4) is 11.5 Å². The first-order valence-electron chi connectivity index (χ1n) is 8.82. The molecule has 2 aromatic rings. The van der Waals surface area contributed by atoms with E-state index in [0.29, 0.717) is 17.1 Å². The number of benzene rings is 2. The van der Waals surface area contributed by atoms with Gasteiger partial charge in [0, 0.05) is 25.9 Å². The van der Waals surface area contributed by atoms with Crippen molar-refractivity contribution in [1.82, 2.24) is 4.31 Å². The molecule has 30 heavy (non-hydrogen) atoms. The Labute approximate surface area is 173 Å². The van der Waals surface area contributed by atoms with E-state index in [1.165, 1.54) is 50.5 Å². The van der Waals surface area contributed by atoms with Crippen molar-refractivity contribution in [3.05, 3.63) is 54.1 Å². The van der Waals surface area contributed by atoms with Gasteiger partial charge < -0.3 is 19.5 Å². The van der Waals surface area contributed by atoms with Crippen LogP contribution >= 0.6 is 0 Å². The minimum atomic E-state index is -3.63. The van der Waals surface area contributed by atoms with Gasteiger partial charge in [-0.3, -0.25) is 4.79 Å². The SMILES string of the molecule is CN(C)S(=O)(=O)c1cccc(NC(=O)COC(=O)/C=C/c2ccc3c(c2)OCO3)c1. The molecule has 0 spiro atoms. The molecule has 0 aromatic heterocycles. The molecule has 9 nitrogen and oxygen atoms in total. The van der Waals surface area contributed by atoms with Crippen LogP contribution in [0.15, 0.2) is 53.4 Å². The third-order valence-corrected chi connectivity index (χ3v) is 5.86. The van der Waals surface area contributed by atoms with Gasteiger partial charge in [0.2, 0.25) is 16.8 Å². The van der Waals surface area contributed by atoms with E-state index in [1.54, 1.807) is 18.2 Å². The number of sulfonamides is 1. The first kappa shape index (κ1) is 21.3. The molecular weight excluding hydrogens is 412 g/mol. The van der Waals surface area contributed by atoms with Gasteiger partial charge in [0.05, 0.1) is 4.90 Å². The molecule has 0 aliphatic carbocycles. The normalized spacial score (nSPS) is 12.9. The van der Waals surface area contributed by atoms with Crippen LogP contribution in [0.2, 0.25) is 0 Å². The maximum absolute atomic E-state index is 12.2. The molecule has 10 heteroatoms. The lowest BCUT2D eigenvalue weighted by Crippen LogP contribution is -2.23. The standard InChI is InChI=1S/C20H20N2O7S/c1-22(2)30(25,26)16-5-3-4-15(11-16)21-19(23)12-27-20(24)9-7-14-6-8-17-18(10-14)29-13-28-17/h3-11H,12-13H2,1-2H3,(H,21,23)/b9-7+. The number of esters is 1. The number of carbonyl (C=O) groups is 2. The highest BCUT2D eigenvalue weighted by atomic mass is 32.2. The Hall–Kier alpha value is -3.37. The van der Waals surface area contributed by atoms with E-state index in [4.69, 9.17) is 14.2 Å². The number of ether oxygens (including phenoxy) is 3. The number of anilines is 1. The highest BCUT2D eigenvalue weighted by Gasteiger charge is 2.18. The Kier molecular flexibility index (Phi) is 6.38. The van der Waals surface area contributed by atoms with Crippen molar-refractivity contribution in [3.63, 3.8) is 0 Å². The number of amides is 1. The summed E-state index contributed by atoms with van der Waals surface area (Å²) in [7, 11) is -0.800. The van der Waals surface area contributed by atoms with E-state index in [2.05, 4.69) is 5.32 Å². The number of rotatable bonds is 7. The van der Waals surface area contributed by atoms with Gasteiger partial charge in [0.1, 0.15) is 0 Å². The molecule has 1 N–H and O–H groups in total. The average Bonchev–Trinajstić information content (AvgIpc) is 3.18. The van der Waals surface area contributed by atoms with E-state index in [0.717, 1.165) is 4.31 Å². The van der Waals surface area contributed by atoms with Gasteiger partial charge in [0.15, 0.2) is 18.1 Å². The predicted molar refractivity (Wildman–Crippen MR) is 109 cm³/mol. The largest absolute Gasteiger partial charge is 0.454 e. The second-order valence-corrected chi connectivity index (χ2v) is 8.57. The zero-order valence-corrected chi connectivity index (χ0v) is 17.1. The molecule has 1 aliphatic rings. The van der Waals surface area contributed by atoms with Gasteiger partial charge in [-0.05, 0) is 42.0 Å². The summed E-state index contributed by atoms with van der Waals surface area (Å²) in [6.07, 6.45) is 2.72.